The van der Waals surface area contributed by atoms with Gasteiger partial charge in [-0.2, -0.15) is 0 Å². The molecule has 2 aromatic rings. The number of hydrogen-bond donors (Lipinski definition) is 2. The summed E-state index contributed by atoms with van der Waals surface area (Å²) in [5.41, 5.74) is 2.40. The van der Waals surface area contributed by atoms with Gasteiger partial charge in [-0.05, 0) is 44.2 Å². The van der Waals surface area contributed by atoms with Gasteiger partial charge in [0.15, 0.2) is 0 Å². The first-order chi connectivity index (χ1) is 14.3. The van der Waals surface area contributed by atoms with Crippen molar-refractivity contribution < 1.29 is 0 Å². The average Bonchev–Trinajstić information content (AvgIpc) is 3.01. The Morgan fingerprint density at radius 2 is 1.52 bits per heavy atom. The fourth-order valence-corrected chi connectivity index (χ4v) is 4.11. The average molecular weight is 394 g/mol. The van der Waals surface area contributed by atoms with Gasteiger partial charge in [0.25, 0.3) is 5.56 Å². The Morgan fingerprint density at radius 1 is 0.828 bits per heavy atom. The first-order valence-corrected chi connectivity index (χ1v) is 11.1. The van der Waals surface area contributed by atoms with Crippen molar-refractivity contribution in [3.63, 3.8) is 0 Å². The van der Waals surface area contributed by atoms with Gasteiger partial charge in [-0.25, -0.2) is 4.68 Å². The fourth-order valence-electron chi connectivity index (χ4n) is 4.11. The lowest BCUT2D eigenvalue weighted by Crippen LogP contribution is -2.22. The van der Waals surface area contributed by atoms with E-state index in [1.165, 1.54) is 25.7 Å². The Labute approximate surface area is 172 Å². The van der Waals surface area contributed by atoms with Crippen LogP contribution in [-0.2, 0) is 0 Å². The Kier molecular flexibility index (Phi) is 6.60. The second-order valence-corrected chi connectivity index (χ2v) is 7.95. The number of rotatable bonds is 3. The van der Waals surface area contributed by atoms with Crippen LogP contribution < -0.4 is 10.9 Å². The largest absolute Gasteiger partial charge is 0.329 e. The predicted octanol–water partition coefficient (Wildman–Crippen LogP) is 4.69. The molecule has 0 radical (unpaired) electrons. The quantitative estimate of drug-likeness (QED) is 0.793. The minimum absolute atomic E-state index is 0.0375. The van der Waals surface area contributed by atoms with Crippen LogP contribution in [0.3, 0.4) is 0 Å². The third kappa shape index (κ3) is 4.86. The van der Waals surface area contributed by atoms with Crippen LogP contribution in [0.1, 0.15) is 69.8 Å². The molecule has 3 heterocycles. The zero-order valence-corrected chi connectivity index (χ0v) is 17.1. The number of aromatic nitrogens is 2. The molecule has 2 N–H and O–H groups in total. The number of para-hydroxylation sites is 1. The van der Waals surface area contributed by atoms with Crippen LogP contribution in [0.4, 0.5) is 5.82 Å². The second kappa shape index (κ2) is 9.72. The first-order valence-electron chi connectivity index (χ1n) is 11.1. The summed E-state index contributed by atoms with van der Waals surface area (Å²) >= 11 is 0. The van der Waals surface area contributed by atoms with Crippen molar-refractivity contribution >= 4 is 17.4 Å². The highest BCUT2D eigenvalue weighted by molar-refractivity contribution is 6.07. The smallest absolute Gasteiger partial charge is 0.282 e. The molecule has 0 aliphatic carbocycles. The van der Waals surface area contributed by atoms with Crippen LogP contribution >= 0.6 is 0 Å². The van der Waals surface area contributed by atoms with Crippen LogP contribution in [0, 0.1) is 0 Å². The van der Waals surface area contributed by atoms with Gasteiger partial charge in [-0.1, -0.05) is 43.9 Å². The third-order valence-corrected chi connectivity index (χ3v) is 5.71. The maximum atomic E-state index is 13.4. The summed E-state index contributed by atoms with van der Waals surface area (Å²) in [6, 6.07) is 9.74. The molecule has 2 aliphatic rings. The molecule has 0 saturated heterocycles. The summed E-state index contributed by atoms with van der Waals surface area (Å²) in [6.07, 6.45) is 11.1. The van der Waals surface area contributed by atoms with E-state index in [1.54, 1.807) is 4.68 Å². The molecule has 4 rings (SSSR count). The van der Waals surface area contributed by atoms with Crippen molar-refractivity contribution in [1.29, 1.82) is 0 Å². The van der Waals surface area contributed by atoms with Gasteiger partial charge in [0.2, 0.25) is 0 Å². The molecule has 6 heteroatoms. The zero-order chi connectivity index (χ0) is 19.9. The van der Waals surface area contributed by atoms with E-state index in [2.05, 4.69) is 10.4 Å². The number of nitrogens with one attached hydrogen (secondary N) is 2. The summed E-state index contributed by atoms with van der Waals surface area (Å²) < 4.78 is 1.63. The predicted molar refractivity (Wildman–Crippen MR) is 120 cm³/mol. The van der Waals surface area contributed by atoms with Crippen molar-refractivity contribution in [2.24, 2.45) is 9.98 Å². The summed E-state index contributed by atoms with van der Waals surface area (Å²) in [7, 11) is 0. The van der Waals surface area contributed by atoms with Crippen molar-refractivity contribution in [3.05, 3.63) is 46.2 Å². The van der Waals surface area contributed by atoms with E-state index in [1.807, 2.05) is 30.3 Å². The number of amidine groups is 1. The van der Waals surface area contributed by atoms with Gasteiger partial charge in [-0.15, -0.1) is 0 Å². The Balaban J connectivity index is 1.74. The fraction of sp³-hybridized carbons (Fsp3) is 0.522. The summed E-state index contributed by atoms with van der Waals surface area (Å²) in [6.45, 7) is 1.65. The molecular weight excluding hydrogens is 362 g/mol. The van der Waals surface area contributed by atoms with Gasteiger partial charge < -0.3 is 5.32 Å². The van der Waals surface area contributed by atoms with E-state index in [4.69, 9.17) is 9.98 Å². The number of nitrogens with zero attached hydrogens (tertiary/aromatic N) is 3. The normalized spacial score (nSPS) is 18.6. The van der Waals surface area contributed by atoms with Gasteiger partial charge in [-0.3, -0.25) is 19.9 Å². The lowest BCUT2D eigenvalue weighted by atomic mass is 10.0. The highest BCUT2D eigenvalue weighted by atomic mass is 16.1. The Hall–Kier alpha value is -2.63. The highest BCUT2D eigenvalue weighted by Crippen LogP contribution is 2.20. The molecule has 2 aliphatic heterocycles. The van der Waals surface area contributed by atoms with Gasteiger partial charge in [0.05, 0.1) is 11.4 Å². The zero-order valence-electron chi connectivity index (χ0n) is 17.1. The summed E-state index contributed by atoms with van der Waals surface area (Å²) in [4.78, 5) is 23.0. The van der Waals surface area contributed by atoms with Crippen LogP contribution in [0.25, 0.3) is 5.69 Å². The number of anilines is 1. The molecule has 0 unspecified atom stereocenters. The lowest BCUT2D eigenvalue weighted by Gasteiger charge is -2.14. The SMILES string of the molecule is O=c1c(C2=NCCCCCC2)c(NC2=NCCCCCC2)[nH]n1-c1ccccc1. The van der Waals surface area contributed by atoms with Crippen molar-refractivity contribution in [1.82, 2.24) is 9.78 Å². The molecule has 0 atom stereocenters. The summed E-state index contributed by atoms with van der Waals surface area (Å²) in [5.74, 6) is 1.70. The van der Waals surface area contributed by atoms with Crippen molar-refractivity contribution in [2.75, 3.05) is 18.4 Å². The van der Waals surface area contributed by atoms with E-state index < -0.39 is 0 Å². The number of aromatic amines is 1. The maximum absolute atomic E-state index is 13.4. The molecule has 0 fully saturated rings. The van der Waals surface area contributed by atoms with Crippen LogP contribution in [0.5, 0.6) is 0 Å². The van der Waals surface area contributed by atoms with Crippen molar-refractivity contribution in [3.8, 4) is 5.69 Å². The molecule has 1 aromatic heterocycles. The number of aliphatic imine (C=N–C) groups is 2. The molecule has 154 valence electrons. The van der Waals surface area contributed by atoms with E-state index in [0.717, 1.165) is 74.7 Å². The van der Waals surface area contributed by atoms with E-state index >= 15 is 0 Å². The third-order valence-electron chi connectivity index (χ3n) is 5.71. The van der Waals surface area contributed by atoms with Crippen LogP contribution in [0.15, 0.2) is 45.1 Å². The molecule has 0 spiro atoms. The number of H-pyrrole nitrogens is 1. The Morgan fingerprint density at radius 3 is 2.31 bits per heavy atom. The minimum Gasteiger partial charge on any atom is -0.329 e. The molecule has 0 saturated carbocycles. The molecule has 0 amide bonds. The molecule has 1 aromatic carbocycles. The second-order valence-electron chi connectivity index (χ2n) is 7.95. The van der Waals surface area contributed by atoms with Crippen LogP contribution in [0.2, 0.25) is 0 Å². The standard InChI is InChI=1S/C23H31N5O/c29-23-21(19-14-8-1-3-10-16-24-19)22(26-20-15-9-2-4-11-17-25-20)27-28(23)18-12-6-5-7-13-18/h5-7,12-13,27H,1-4,8-11,14-17H2,(H,25,26). The topological polar surface area (TPSA) is 74.5 Å². The molecule has 29 heavy (non-hydrogen) atoms. The number of benzene rings is 1. The Bertz CT molecular complexity index is 922. The minimum atomic E-state index is -0.0375. The highest BCUT2D eigenvalue weighted by Gasteiger charge is 2.22. The van der Waals surface area contributed by atoms with E-state index in [0.29, 0.717) is 5.56 Å². The maximum Gasteiger partial charge on any atom is 0.282 e. The summed E-state index contributed by atoms with van der Waals surface area (Å²) in [5, 5.41) is 6.79. The van der Waals surface area contributed by atoms with Crippen molar-refractivity contribution in [2.45, 2.75) is 64.2 Å². The monoisotopic (exact) mass is 393 g/mol. The van der Waals surface area contributed by atoms with Gasteiger partial charge in [0.1, 0.15) is 17.2 Å². The molecular formula is C23H31N5O. The lowest BCUT2D eigenvalue weighted by molar-refractivity contribution is 0.643. The number of hydrogen-bond acceptors (Lipinski definition) is 4. The van der Waals surface area contributed by atoms with Crippen LogP contribution in [-0.4, -0.2) is 34.4 Å². The van der Waals surface area contributed by atoms with Gasteiger partial charge >= 0.3 is 0 Å². The first kappa shape index (κ1) is 19.7. The van der Waals surface area contributed by atoms with E-state index in [-0.39, 0.29) is 5.56 Å². The van der Waals surface area contributed by atoms with E-state index in [9.17, 15) is 4.79 Å². The molecule has 0 bridgehead atoms. The molecule has 6 nitrogen and oxygen atoms in total. The van der Waals surface area contributed by atoms with Gasteiger partial charge in [0, 0.05) is 19.5 Å².